The maximum absolute atomic E-state index is 12.6. The summed E-state index contributed by atoms with van der Waals surface area (Å²) in [6.07, 6.45) is 0. The number of rotatable bonds is 5. The Kier molecular flexibility index (Phi) is 6.89. The number of benzene rings is 3. The number of carbonyl (C=O) groups excluding carboxylic acids is 1. The zero-order valence-electron chi connectivity index (χ0n) is 17.1. The van der Waals surface area contributed by atoms with Crippen molar-refractivity contribution in [3.63, 3.8) is 0 Å². The Bertz CT molecular complexity index is 1190. The number of anilines is 1. The van der Waals surface area contributed by atoms with E-state index in [-0.39, 0.29) is 17.6 Å². The number of amides is 1. The fourth-order valence-electron chi connectivity index (χ4n) is 3.93. The average Bonchev–Trinajstić information content (AvgIpc) is 2.74. The van der Waals surface area contributed by atoms with E-state index in [0.29, 0.717) is 21.3 Å². The van der Waals surface area contributed by atoms with E-state index in [2.05, 4.69) is 17.3 Å². The van der Waals surface area contributed by atoms with Crippen LogP contribution >= 0.6 is 31.5 Å². The molecule has 166 valence electrons. The predicted octanol–water partition coefficient (Wildman–Crippen LogP) is 5.58. The zero-order valence-corrected chi connectivity index (χ0v) is 19.7. The summed E-state index contributed by atoms with van der Waals surface area (Å²) in [5, 5.41) is 4.12. The highest BCUT2D eigenvalue weighted by atomic mass is 35.5. The fourth-order valence-corrected chi connectivity index (χ4v) is 4.83. The van der Waals surface area contributed by atoms with Gasteiger partial charge >= 0.3 is 8.25 Å². The van der Waals surface area contributed by atoms with Gasteiger partial charge < -0.3 is 19.6 Å². The maximum Gasteiger partial charge on any atom is 0.365 e. The van der Waals surface area contributed by atoms with Crippen molar-refractivity contribution < 1.29 is 18.8 Å². The van der Waals surface area contributed by atoms with Gasteiger partial charge in [-0.25, -0.2) is 4.57 Å². The number of hydrogen-bond acceptors (Lipinski definition) is 4. The molecule has 3 aromatic carbocycles. The summed E-state index contributed by atoms with van der Waals surface area (Å²) < 4.78 is 15.7. The van der Waals surface area contributed by atoms with Gasteiger partial charge in [-0.3, -0.25) is 4.79 Å². The lowest BCUT2D eigenvalue weighted by molar-refractivity contribution is 0.102. The van der Waals surface area contributed by atoms with Crippen LogP contribution in [0, 0.1) is 0 Å². The van der Waals surface area contributed by atoms with E-state index in [1.54, 1.807) is 18.2 Å². The minimum atomic E-state index is -3.13. The van der Waals surface area contributed by atoms with Crippen molar-refractivity contribution >= 4 is 43.1 Å². The number of halogens is 2. The molecule has 0 radical (unpaired) electrons. The van der Waals surface area contributed by atoms with E-state index in [4.69, 9.17) is 32.6 Å². The van der Waals surface area contributed by atoms with Crippen LogP contribution in [0.1, 0.15) is 33.0 Å². The van der Waals surface area contributed by atoms with E-state index in [1.807, 2.05) is 30.3 Å². The molecule has 0 aliphatic carbocycles. The van der Waals surface area contributed by atoms with Crippen LogP contribution in [0.25, 0.3) is 0 Å². The Morgan fingerprint density at radius 3 is 2.62 bits per heavy atom. The third-order valence-corrected chi connectivity index (χ3v) is 6.33. The number of hydrogen-bond donors (Lipinski definition) is 2. The predicted molar refractivity (Wildman–Crippen MR) is 127 cm³/mol. The van der Waals surface area contributed by atoms with Gasteiger partial charge in [-0.05, 0) is 66.2 Å². The van der Waals surface area contributed by atoms with Crippen LogP contribution in [0.4, 0.5) is 5.69 Å². The van der Waals surface area contributed by atoms with Gasteiger partial charge in [0.1, 0.15) is 5.75 Å². The first-order valence-electron chi connectivity index (χ1n) is 9.88. The monoisotopic (exact) mass is 490 g/mol. The molecule has 1 heterocycles. The lowest BCUT2D eigenvalue weighted by Crippen LogP contribution is -2.31. The molecule has 1 aliphatic rings. The Balaban J connectivity index is 1.53. The number of likely N-dealkylation sites (N-methyl/N-ethyl adjacent to an activating group) is 1. The highest BCUT2D eigenvalue weighted by Crippen LogP contribution is 2.38. The van der Waals surface area contributed by atoms with Crippen LogP contribution in [0.2, 0.25) is 10.0 Å². The molecule has 9 heteroatoms. The largest absolute Gasteiger partial charge is 0.426 e. The van der Waals surface area contributed by atoms with Crippen LogP contribution in [0.15, 0.2) is 60.7 Å². The van der Waals surface area contributed by atoms with Gasteiger partial charge in [0.05, 0.1) is 0 Å². The summed E-state index contributed by atoms with van der Waals surface area (Å²) in [7, 11) is -1.08. The number of carbonyl (C=O) groups is 1. The molecular formula is C23H21Cl2N2O4P. The normalized spacial score (nSPS) is 16.8. The quantitative estimate of drug-likeness (QED) is 0.456. The third kappa shape index (κ3) is 5.17. The molecule has 3 aromatic rings. The minimum Gasteiger partial charge on any atom is -0.426 e. The second-order valence-corrected chi connectivity index (χ2v) is 9.26. The smallest absolute Gasteiger partial charge is 0.365 e. The highest BCUT2D eigenvalue weighted by Gasteiger charge is 2.27. The Morgan fingerprint density at radius 1 is 1.16 bits per heavy atom. The average molecular weight is 491 g/mol. The van der Waals surface area contributed by atoms with E-state index in [9.17, 15) is 9.36 Å². The van der Waals surface area contributed by atoms with Crippen molar-refractivity contribution in [2.75, 3.05) is 18.9 Å². The van der Waals surface area contributed by atoms with Crippen molar-refractivity contribution in [2.24, 2.45) is 0 Å². The molecule has 2 N–H and O–H groups in total. The summed E-state index contributed by atoms with van der Waals surface area (Å²) >= 11 is 12.7. The third-order valence-electron chi connectivity index (χ3n) is 5.36. The lowest BCUT2D eigenvalue weighted by atomic mass is 9.84. The van der Waals surface area contributed by atoms with Crippen LogP contribution < -0.4 is 9.84 Å². The Morgan fingerprint density at radius 2 is 1.91 bits per heavy atom. The summed E-state index contributed by atoms with van der Waals surface area (Å²) in [4.78, 5) is 23.7. The van der Waals surface area contributed by atoms with Crippen LogP contribution in [-0.4, -0.2) is 29.3 Å². The molecule has 0 spiro atoms. The fraction of sp³-hybridized carbons (Fsp3) is 0.174. The lowest BCUT2D eigenvalue weighted by Gasteiger charge is -2.33. The van der Waals surface area contributed by atoms with Gasteiger partial charge in [0.15, 0.2) is 0 Å². The first-order chi connectivity index (χ1) is 15.3. The second kappa shape index (κ2) is 9.65. The summed E-state index contributed by atoms with van der Waals surface area (Å²) in [6, 6.07) is 17.5. The Labute approximate surface area is 196 Å². The van der Waals surface area contributed by atoms with Gasteiger partial charge in [0, 0.05) is 40.3 Å². The molecule has 0 aromatic heterocycles. The van der Waals surface area contributed by atoms with Gasteiger partial charge in [-0.15, -0.1) is 0 Å². The summed E-state index contributed by atoms with van der Waals surface area (Å²) in [5.41, 5.74) is 4.26. The molecule has 1 aliphatic heterocycles. The van der Waals surface area contributed by atoms with Gasteiger partial charge in [0.2, 0.25) is 0 Å². The van der Waals surface area contributed by atoms with Crippen LogP contribution in [-0.2, 0) is 11.1 Å². The van der Waals surface area contributed by atoms with E-state index in [0.717, 1.165) is 29.8 Å². The Hall–Kier alpha value is -2.34. The molecule has 1 amide bonds. The van der Waals surface area contributed by atoms with Crippen molar-refractivity contribution in [1.29, 1.82) is 0 Å². The van der Waals surface area contributed by atoms with Crippen molar-refractivity contribution in [3.8, 4) is 5.75 Å². The summed E-state index contributed by atoms with van der Waals surface area (Å²) in [6.45, 7) is 1.60. The van der Waals surface area contributed by atoms with Crippen LogP contribution in [0.3, 0.4) is 0 Å². The topological polar surface area (TPSA) is 78.9 Å². The summed E-state index contributed by atoms with van der Waals surface area (Å²) in [5.74, 6) is -0.0704. The molecule has 2 unspecified atom stereocenters. The molecule has 0 fully saturated rings. The molecule has 0 saturated heterocycles. The highest BCUT2D eigenvalue weighted by molar-refractivity contribution is 7.32. The van der Waals surface area contributed by atoms with Crippen molar-refractivity contribution in [3.05, 3.63) is 93.0 Å². The van der Waals surface area contributed by atoms with Crippen LogP contribution in [0.5, 0.6) is 5.75 Å². The van der Waals surface area contributed by atoms with E-state index < -0.39 is 8.25 Å². The molecule has 32 heavy (non-hydrogen) atoms. The number of nitrogens with one attached hydrogen (secondary N) is 1. The van der Waals surface area contributed by atoms with Gasteiger partial charge in [-0.1, -0.05) is 41.4 Å². The zero-order chi connectivity index (χ0) is 22.8. The molecule has 6 nitrogen and oxygen atoms in total. The first-order valence-corrected chi connectivity index (χ1v) is 11.9. The minimum absolute atomic E-state index is 0.111. The molecular weight excluding hydrogens is 470 g/mol. The van der Waals surface area contributed by atoms with E-state index in [1.165, 1.54) is 12.1 Å². The van der Waals surface area contributed by atoms with Crippen molar-refractivity contribution in [1.82, 2.24) is 4.90 Å². The standard InChI is InChI=1S/C23H21Cl2N2O4P/c1-27-12-20(19-10-16(24)11-22(25)21(19)13-27)14-5-7-17(8-6-14)26-23(28)15-3-2-4-18(9-15)31-32(29)30/h2-11,20,32H,12-13H2,1H3,(H,26,28)(H,29,30). The SMILES string of the molecule is CN1Cc2c(Cl)cc(Cl)cc2C(c2ccc(NC(=O)c3cccc(O[PH](=O)O)c3)cc2)C1. The molecule has 4 rings (SSSR count). The van der Waals surface area contributed by atoms with E-state index >= 15 is 0 Å². The van der Waals surface area contributed by atoms with Crippen molar-refractivity contribution in [2.45, 2.75) is 12.5 Å². The molecule has 2 atom stereocenters. The first kappa shape index (κ1) is 22.8. The molecule has 0 saturated carbocycles. The number of nitrogens with zero attached hydrogens (tertiary/aromatic N) is 1. The molecule has 0 bridgehead atoms. The number of fused-ring (bicyclic) bond motifs is 1. The van der Waals surface area contributed by atoms with Gasteiger partial charge in [0.25, 0.3) is 5.91 Å². The van der Waals surface area contributed by atoms with Gasteiger partial charge in [-0.2, -0.15) is 0 Å². The maximum atomic E-state index is 12.6. The second-order valence-electron chi connectivity index (χ2n) is 7.68.